The van der Waals surface area contributed by atoms with Gasteiger partial charge in [0.1, 0.15) is 17.2 Å². The summed E-state index contributed by atoms with van der Waals surface area (Å²) >= 11 is 0. The van der Waals surface area contributed by atoms with E-state index in [1.54, 1.807) is 68.4 Å². The van der Waals surface area contributed by atoms with Crippen LogP contribution in [0.2, 0.25) is 0 Å². The van der Waals surface area contributed by atoms with Crippen LogP contribution < -0.4 is 0 Å². The molecule has 42 heavy (non-hydrogen) atoms. The van der Waals surface area contributed by atoms with E-state index in [9.17, 15) is 29.7 Å². The number of phenols is 3. The van der Waals surface area contributed by atoms with Crippen LogP contribution in [0.4, 0.5) is 0 Å². The van der Waals surface area contributed by atoms with Crippen molar-refractivity contribution < 1.29 is 45.0 Å². The fraction of sp³-hybridized carbons (Fsp3) is 0.364. The van der Waals surface area contributed by atoms with Gasteiger partial charge in [0.25, 0.3) is 0 Å². The molecule has 0 aliphatic rings. The van der Waals surface area contributed by atoms with Crippen LogP contribution in [0, 0.1) is 13.8 Å². The molecule has 0 aliphatic carbocycles. The van der Waals surface area contributed by atoms with Gasteiger partial charge >= 0.3 is 17.9 Å². The van der Waals surface area contributed by atoms with E-state index in [1.807, 2.05) is 33.8 Å². The maximum Gasteiger partial charge on any atom is 0.304 e. The number of para-hydroxylation sites is 2. The smallest absolute Gasteiger partial charge is 0.304 e. The molecule has 0 unspecified atom stereocenters. The number of carbonyl (C=O) groups is 3. The minimum atomic E-state index is -0.863. The van der Waals surface area contributed by atoms with Gasteiger partial charge in [-0.25, -0.2) is 0 Å². The molecule has 0 aromatic heterocycles. The van der Waals surface area contributed by atoms with Crippen molar-refractivity contribution in [2.75, 3.05) is 0 Å². The second-order valence-electron chi connectivity index (χ2n) is 11.4. The number of aromatic hydroxyl groups is 3. The molecule has 3 aromatic carbocycles. The molecule has 0 heterocycles. The Balaban J connectivity index is 0.000000318. The molecule has 228 valence electrons. The van der Waals surface area contributed by atoms with Crippen LogP contribution in [-0.2, 0) is 31.6 Å². The molecule has 9 heteroatoms. The van der Waals surface area contributed by atoms with Crippen LogP contribution in [0.3, 0.4) is 0 Å². The van der Waals surface area contributed by atoms with E-state index < -0.39 is 28.7 Å². The third-order valence-electron chi connectivity index (χ3n) is 6.56. The lowest BCUT2D eigenvalue weighted by Crippen LogP contribution is -2.23. The summed E-state index contributed by atoms with van der Waals surface area (Å²) in [5, 5.41) is 54.7. The fourth-order valence-corrected chi connectivity index (χ4v) is 4.78. The number of hydrogen-bond acceptors (Lipinski definition) is 6. The van der Waals surface area contributed by atoms with E-state index in [2.05, 4.69) is 0 Å². The molecule has 0 amide bonds. The lowest BCUT2D eigenvalue weighted by molar-refractivity contribution is -0.139. The summed E-state index contributed by atoms with van der Waals surface area (Å²) in [6, 6.07) is 17.2. The van der Waals surface area contributed by atoms with Crippen LogP contribution in [0.25, 0.3) is 0 Å². The molecule has 0 fully saturated rings. The minimum absolute atomic E-state index is 0.00443. The highest BCUT2D eigenvalue weighted by Gasteiger charge is 2.29. The first-order valence-corrected chi connectivity index (χ1v) is 13.4. The number of benzene rings is 3. The summed E-state index contributed by atoms with van der Waals surface area (Å²) in [5.41, 5.74) is 2.88. The van der Waals surface area contributed by atoms with Crippen molar-refractivity contribution >= 4 is 17.9 Å². The number of phenolic OH excluding ortho intramolecular Hbond substituents is 3. The molecular weight excluding hydrogens is 540 g/mol. The minimum Gasteiger partial charge on any atom is -0.508 e. The van der Waals surface area contributed by atoms with Crippen LogP contribution in [0.15, 0.2) is 60.7 Å². The van der Waals surface area contributed by atoms with Crippen LogP contribution in [0.5, 0.6) is 17.2 Å². The molecule has 0 spiro atoms. The van der Waals surface area contributed by atoms with Gasteiger partial charge in [-0.05, 0) is 55.2 Å². The Hall–Kier alpha value is -4.53. The normalized spacial score (nSPS) is 10.9. The van der Waals surface area contributed by atoms with E-state index in [0.29, 0.717) is 17.5 Å². The fourth-order valence-electron chi connectivity index (χ4n) is 4.78. The summed E-state index contributed by atoms with van der Waals surface area (Å²) in [4.78, 5) is 31.6. The summed E-state index contributed by atoms with van der Waals surface area (Å²) in [5.74, 6) is -2.07. The van der Waals surface area contributed by atoms with Crippen molar-refractivity contribution in [3.05, 3.63) is 88.5 Å². The molecule has 0 saturated carbocycles. The van der Waals surface area contributed by atoms with Crippen LogP contribution >= 0.6 is 0 Å². The molecule has 0 bridgehead atoms. The number of carboxylic acids is 3. The van der Waals surface area contributed by atoms with E-state index in [-0.39, 0.29) is 36.5 Å². The van der Waals surface area contributed by atoms with Gasteiger partial charge in [-0.2, -0.15) is 0 Å². The molecule has 6 N–H and O–H groups in total. The molecule has 0 radical (unpaired) electrons. The van der Waals surface area contributed by atoms with E-state index in [1.165, 1.54) is 0 Å². The van der Waals surface area contributed by atoms with E-state index >= 15 is 0 Å². The predicted molar refractivity (Wildman–Crippen MR) is 160 cm³/mol. The molecule has 3 rings (SSSR count). The summed E-state index contributed by atoms with van der Waals surface area (Å²) in [7, 11) is 0. The summed E-state index contributed by atoms with van der Waals surface area (Å²) < 4.78 is 0. The molecule has 9 nitrogen and oxygen atoms in total. The van der Waals surface area contributed by atoms with Gasteiger partial charge in [0.05, 0.1) is 12.8 Å². The van der Waals surface area contributed by atoms with Crippen LogP contribution in [-0.4, -0.2) is 48.5 Å². The van der Waals surface area contributed by atoms with Crippen LogP contribution in [0.1, 0.15) is 74.8 Å². The zero-order valence-corrected chi connectivity index (χ0v) is 25.0. The Morgan fingerprint density at radius 2 is 1.14 bits per heavy atom. The Kier molecular flexibility index (Phi) is 13.1. The molecule has 0 atom stereocenters. The largest absolute Gasteiger partial charge is 0.508 e. The zero-order valence-electron chi connectivity index (χ0n) is 25.0. The first kappa shape index (κ1) is 35.5. The Morgan fingerprint density at radius 3 is 1.62 bits per heavy atom. The Morgan fingerprint density at radius 1 is 0.643 bits per heavy atom. The highest BCUT2D eigenvalue weighted by atomic mass is 16.4. The van der Waals surface area contributed by atoms with Gasteiger partial charge in [-0.15, -0.1) is 0 Å². The lowest BCUT2D eigenvalue weighted by atomic mass is 9.78. The number of hydrogen-bond donors (Lipinski definition) is 6. The van der Waals surface area contributed by atoms with Crippen molar-refractivity contribution in [1.82, 2.24) is 0 Å². The van der Waals surface area contributed by atoms with Crippen molar-refractivity contribution in [1.29, 1.82) is 0 Å². The zero-order chi connectivity index (χ0) is 32.3. The number of rotatable bonds is 9. The van der Waals surface area contributed by atoms with Gasteiger partial charge in [-0.1, -0.05) is 70.2 Å². The molecular formula is C33H42O9. The summed E-state index contributed by atoms with van der Waals surface area (Å²) in [6.07, 6.45) is 0.439. The van der Waals surface area contributed by atoms with Gasteiger partial charge in [-0.3, -0.25) is 14.4 Å². The predicted octanol–water partition coefficient (Wildman–Crippen LogP) is 6.32. The maximum absolute atomic E-state index is 10.8. The van der Waals surface area contributed by atoms with Gasteiger partial charge in [0, 0.05) is 28.4 Å². The highest BCUT2D eigenvalue weighted by molar-refractivity contribution is 5.70. The second-order valence-corrected chi connectivity index (χ2v) is 11.4. The standard InChI is InChI=1S/C13H18O3.C11H14O3.C9H10O3/c1-8-5-9(2)12(10(14)6-8)13(3,4)7-11(15)16;1-11(2,7-10(13)14)8-5-3-4-6-9(8)12;10-8-4-2-1-3-7(8)5-6-9(11)12/h5-6,14H,7H2,1-4H3,(H,15,16);3-6,12H,7H2,1-2H3,(H,13,14);1-4,10H,5-6H2,(H,11,12). The third-order valence-corrected chi connectivity index (χ3v) is 6.56. The van der Waals surface area contributed by atoms with Gasteiger partial charge in [0.2, 0.25) is 0 Å². The first-order chi connectivity index (χ1) is 19.4. The summed E-state index contributed by atoms with van der Waals surface area (Å²) in [6.45, 7) is 11.1. The second kappa shape index (κ2) is 15.5. The van der Waals surface area contributed by atoms with E-state index in [4.69, 9.17) is 15.3 Å². The Labute approximate surface area is 246 Å². The third kappa shape index (κ3) is 11.5. The molecule has 3 aromatic rings. The maximum atomic E-state index is 10.8. The SMILES string of the molecule is CC(C)(CC(=O)O)c1ccccc1O.Cc1cc(C)c(C(C)(C)CC(=O)O)c(O)c1.O=C(O)CCc1ccccc1O. The van der Waals surface area contributed by atoms with Gasteiger partial charge in [0.15, 0.2) is 0 Å². The van der Waals surface area contributed by atoms with E-state index in [0.717, 1.165) is 16.7 Å². The van der Waals surface area contributed by atoms with Crippen molar-refractivity contribution in [3.8, 4) is 17.2 Å². The number of aryl methyl sites for hydroxylation is 3. The highest BCUT2D eigenvalue weighted by Crippen LogP contribution is 2.37. The quantitative estimate of drug-likeness (QED) is 0.169. The van der Waals surface area contributed by atoms with Gasteiger partial charge < -0.3 is 30.6 Å². The van der Waals surface area contributed by atoms with Crippen molar-refractivity contribution in [2.45, 2.75) is 78.1 Å². The average molecular weight is 583 g/mol. The average Bonchev–Trinajstić information content (AvgIpc) is 2.82. The number of carboxylic acid groups (broad SMARTS) is 3. The van der Waals surface area contributed by atoms with Crippen molar-refractivity contribution in [2.24, 2.45) is 0 Å². The first-order valence-electron chi connectivity index (χ1n) is 13.4. The molecule has 0 aliphatic heterocycles. The topological polar surface area (TPSA) is 173 Å². The molecule has 0 saturated heterocycles. The lowest BCUT2D eigenvalue weighted by Gasteiger charge is -2.26. The monoisotopic (exact) mass is 582 g/mol. The number of aliphatic carboxylic acids is 3. The Bertz CT molecular complexity index is 1350. The van der Waals surface area contributed by atoms with Crippen molar-refractivity contribution in [3.63, 3.8) is 0 Å².